The maximum absolute atomic E-state index is 14.5. The Bertz CT molecular complexity index is 1330. The van der Waals surface area contributed by atoms with Gasteiger partial charge in [-0.15, -0.1) is 0 Å². The summed E-state index contributed by atoms with van der Waals surface area (Å²) in [5.41, 5.74) is -1.41. The first-order valence-electron chi connectivity index (χ1n) is 11.2. The van der Waals surface area contributed by atoms with Crippen molar-refractivity contribution in [2.24, 2.45) is 0 Å². The van der Waals surface area contributed by atoms with Crippen LogP contribution in [0.5, 0.6) is 5.75 Å². The Morgan fingerprint density at radius 2 is 2.08 bits per heavy atom. The molecule has 1 aliphatic heterocycles. The number of hydrogen-bond acceptors (Lipinski definition) is 7. The molecule has 1 saturated heterocycles. The summed E-state index contributed by atoms with van der Waals surface area (Å²) in [5, 5.41) is 21.5. The molecule has 0 bridgehead atoms. The van der Waals surface area contributed by atoms with Crippen molar-refractivity contribution in [2.75, 3.05) is 19.8 Å². The van der Waals surface area contributed by atoms with Gasteiger partial charge in [0.1, 0.15) is 16.8 Å². The standard InChI is InChI=1S/C24H24ClF2N3O6/c25-15-9-13(1-2-16(15)26)10-28-23(33)21-29-18-4-3-17(27)20(19(18)22(32)30-21)35-8-6-14-5-7-24(34,11-31)12-36-14/h1-4,9,14,31,34H,5-8,10-12H2,(H,28,33)(H,29,30,32). The maximum atomic E-state index is 14.5. The number of ether oxygens (including phenoxy) is 2. The Labute approximate surface area is 209 Å². The van der Waals surface area contributed by atoms with Gasteiger partial charge < -0.3 is 30.0 Å². The van der Waals surface area contributed by atoms with Crippen molar-refractivity contribution >= 4 is 28.4 Å². The first-order valence-corrected chi connectivity index (χ1v) is 11.6. The number of fused-ring (bicyclic) bond motifs is 1. The molecule has 1 fully saturated rings. The number of carbonyl (C=O) groups excluding carboxylic acids is 1. The molecule has 192 valence electrons. The van der Waals surface area contributed by atoms with Crippen LogP contribution in [0, 0.1) is 11.6 Å². The summed E-state index contributed by atoms with van der Waals surface area (Å²) in [7, 11) is 0. The van der Waals surface area contributed by atoms with E-state index in [0.29, 0.717) is 24.8 Å². The molecule has 0 radical (unpaired) electrons. The van der Waals surface area contributed by atoms with E-state index in [1.165, 1.54) is 24.3 Å². The summed E-state index contributed by atoms with van der Waals surface area (Å²) in [4.78, 5) is 31.7. The van der Waals surface area contributed by atoms with E-state index in [0.717, 1.165) is 6.07 Å². The molecule has 2 aromatic carbocycles. The lowest BCUT2D eigenvalue weighted by Gasteiger charge is -2.34. The molecule has 2 heterocycles. The second-order valence-corrected chi connectivity index (χ2v) is 9.01. The van der Waals surface area contributed by atoms with Gasteiger partial charge in [0, 0.05) is 13.0 Å². The fourth-order valence-corrected chi connectivity index (χ4v) is 4.05. The SMILES string of the molecule is O=C(NCc1ccc(F)c(Cl)c1)c1nc2ccc(F)c(OCCC3CCC(O)(CO)CO3)c2c(=O)[nH]1. The Hall–Kier alpha value is -3.12. The number of carbonyl (C=O) groups is 1. The first kappa shape index (κ1) is 26.0. The molecule has 36 heavy (non-hydrogen) atoms. The topological polar surface area (TPSA) is 134 Å². The number of hydrogen-bond donors (Lipinski definition) is 4. The molecule has 3 aromatic rings. The second kappa shape index (κ2) is 10.9. The fraction of sp³-hybridized carbons (Fsp3) is 0.375. The van der Waals surface area contributed by atoms with Gasteiger partial charge in [-0.2, -0.15) is 0 Å². The number of nitrogens with one attached hydrogen (secondary N) is 2. The lowest BCUT2D eigenvalue weighted by molar-refractivity contribution is -0.141. The zero-order chi connectivity index (χ0) is 25.9. The molecule has 0 saturated carbocycles. The molecule has 9 nitrogen and oxygen atoms in total. The lowest BCUT2D eigenvalue weighted by Crippen LogP contribution is -2.45. The van der Waals surface area contributed by atoms with Gasteiger partial charge >= 0.3 is 0 Å². The molecule has 1 amide bonds. The minimum absolute atomic E-state index is 0.0112. The lowest BCUT2D eigenvalue weighted by atomic mass is 9.93. The van der Waals surface area contributed by atoms with Crippen molar-refractivity contribution in [3.63, 3.8) is 0 Å². The van der Waals surface area contributed by atoms with E-state index < -0.39 is 35.3 Å². The van der Waals surface area contributed by atoms with Crippen molar-refractivity contribution in [1.29, 1.82) is 0 Å². The van der Waals surface area contributed by atoms with Gasteiger partial charge in [-0.3, -0.25) is 9.59 Å². The summed E-state index contributed by atoms with van der Waals surface area (Å²) >= 11 is 5.74. The summed E-state index contributed by atoms with van der Waals surface area (Å²) in [6, 6.07) is 6.35. The number of H-pyrrole nitrogens is 1. The van der Waals surface area contributed by atoms with E-state index in [-0.39, 0.29) is 53.4 Å². The number of aromatic amines is 1. The van der Waals surface area contributed by atoms with Crippen molar-refractivity contribution in [2.45, 2.75) is 37.5 Å². The van der Waals surface area contributed by atoms with E-state index in [2.05, 4.69) is 15.3 Å². The Balaban J connectivity index is 1.44. The number of rotatable bonds is 8. The van der Waals surface area contributed by atoms with Gasteiger partial charge in [-0.1, -0.05) is 17.7 Å². The number of aromatic nitrogens is 2. The molecular formula is C24H24ClF2N3O6. The molecule has 0 aliphatic carbocycles. The summed E-state index contributed by atoms with van der Waals surface area (Å²) in [6.45, 7) is -0.370. The van der Waals surface area contributed by atoms with Crippen LogP contribution in [0.1, 0.15) is 35.4 Å². The quantitative estimate of drug-likeness (QED) is 0.356. The van der Waals surface area contributed by atoms with Crippen LogP contribution >= 0.6 is 11.6 Å². The van der Waals surface area contributed by atoms with E-state index in [9.17, 15) is 28.6 Å². The van der Waals surface area contributed by atoms with Crippen molar-refractivity contribution in [3.05, 3.63) is 68.7 Å². The molecule has 2 unspecified atom stereocenters. The van der Waals surface area contributed by atoms with Crippen LogP contribution in [0.15, 0.2) is 35.1 Å². The van der Waals surface area contributed by atoms with Crippen LogP contribution in [-0.2, 0) is 11.3 Å². The molecule has 12 heteroatoms. The highest BCUT2D eigenvalue weighted by Crippen LogP contribution is 2.27. The van der Waals surface area contributed by atoms with Crippen LogP contribution < -0.4 is 15.6 Å². The Morgan fingerprint density at radius 1 is 1.31 bits per heavy atom. The third-order valence-corrected chi connectivity index (χ3v) is 6.22. The molecule has 4 rings (SSSR count). The molecule has 2 atom stereocenters. The fourth-order valence-electron chi connectivity index (χ4n) is 3.85. The number of nitrogens with zero attached hydrogens (tertiary/aromatic N) is 1. The van der Waals surface area contributed by atoms with Gasteiger partial charge in [0.2, 0.25) is 0 Å². The van der Waals surface area contributed by atoms with Crippen molar-refractivity contribution in [1.82, 2.24) is 15.3 Å². The minimum Gasteiger partial charge on any atom is -0.489 e. The smallest absolute Gasteiger partial charge is 0.287 e. The van der Waals surface area contributed by atoms with Gasteiger partial charge in [-0.05, 0) is 42.7 Å². The highest BCUT2D eigenvalue weighted by molar-refractivity contribution is 6.30. The second-order valence-electron chi connectivity index (χ2n) is 8.61. The van der Waals surface area contributed by atoms with E-state index in [4.69, 9.17) is 21.1 Å². The van der Waals surface area contributed by atoms with E-state index in [1.807, 2.05) is 0 Å². The third kappa shape index (κ3) is 5.81. The molecule has 0 spiro atoms. The maximum Gasteiger partial charge on any atom is 0.287 e. The third-order valence-electron chi connectivity index (χ3n) is 5.93. The summed E-state index contributed by atoms with van der Waals surface area (Å²) in [6.07, 6.45) is 0.969. The normalized spacial score (nSPS) is 19.9. The number of aliphatic hydroxyl groups is 2. The van der Waals surface area contributed by atoms with Crippen LogP contribution in [0.2, 0.25) is 5.02 Å². The molecule has 1 aliphatic rings. The monoisotopic (exact) mass is 523 g/mol. The zero-order valence-corrected chi connectivity index (χ0v) is 19.8. The number of amides is 1. The van der Waals surface area contributed by atoms with Gasteiger partial charge in [0.15, 0.2) is 17.4 Å². The predicted molar refractivity (Wildman–Crippen MR) is 126 cm³/mol. The summed E-state index contributed by atoms with van der Waals surface area (Å²) < 4.78 is 38.9. The van der Waals surface area contributed by atoms with Crippen LogP contribution in [0.3, 0.4) is 0 Å². The van der Waals surface area contributed by atoms with Crippen molar-refractivity contribution in [3.8, 4) is 5.75 Å². The average Bonchev–Trinajstić information content (AvgIpc) is 2.87. The number of halogens is 3. The highest BCUT2D eigenvalue weighted by atomic mass is 35.5. The van der Waals surface area contributed by atoms with Gasteiger partial charge in [0.05, 0.1) is 36.5 Å². The van der Waals surface area contributed by atoms with Crippen LogP contribution in [0.4, 0.5) is 8.78 Å². The number of aliphatic hydroxyl groups excluding tert-OH is 1. The molecule has 1 aromatic heterocycles. The highest BCUT2D eigenvalue weighted by Gasteiger charge is 2.33. The van der Waals surface area contributed by atoms with Crippen LogP contribution in [0.25, 0.3) is 10.9 Å². The Kier molecular flexibility index (Phi) is 7.84. The zero-order valence-electron chi connectivity index (χ0n) is 19.0. The first-order chi connectivity index (χ1) is 17.2. The summed E-state index contributed by atoms with van der Waals surface area (Å²) in [5.74, 6) is -2.63. The van der Waals surface area contributed by atoms with Gasteiger partial charge in [0.25, 0.3) is 11.5 Å². The largest absolute Gasteiger partial charge is 0.489 e. The van der Waals surface area contributed by atoms with Crippen LogP contribution in [-0.4, -0.2) is 57.6 Å². The number of benzene rings is 2. The van der Waals surface area contributed by atoms with E-state index >= 15 is 0 Å². The predicted octanol–water partition coefficient (Wildman–Crippen LogP) is 2.46. The Morgan fingerprint density at radius 3 is 2.78 bits per heavy atom. The van der Waals surface area contributed by atoms with E-state index in [1.54, 1.807) is 0 Å². The molecule has 4 N–H and O–H groups in total. The molecular weight excluding hydrogens is 500 g/mol. The van der Waals surface area contributed by atoms with Gasteiger partial charge in [-0.25, -0.2) is 13.8 Å². The average molecular weight is 524 g/mol. The minimum atomic E-state index is -1.26. The van der Waals surface area contributed by atoms with Crippen molar-refractivity contribution < 1.29 is 33.3 Å².